The van der Waals surface area contributed by atoms with Crippen molar-refractivity contribution in [2.75, 3.05) is 5.73 Å². The maximum absolute atomic E-state index is 10.9. The van der Waals surface area contributed by atoms with Gasteiger partial charge in [0.25, 0.3) is 10.1 Å². The van der Waals surface area contributed by atoms with Crippen LogP contribution in [0.4, 0.5) is 5.69 Å². The highest BCUT2D eigenvalue weighted by Gasteiger charge is 2.26. The summed E-state index contributed by atoms with van der Waals surface area (Å²) in [6.07, 6.45) is 0.0932. The Morgan fingerprint density at radius 2 is 2.07 bits per heavy atom. The SMILES string of the molecule is Nc1ccc(Cl)c(C(C=O)S(=O)(=O)O)c1. The highest BCUT2D eigenvalue weighted by Crippen LogP contribution is 2.28. The number of nitrogens with two attached hydrogens (primary N) is 1. The lowest BCUT2D eigenvalue weighted by molar-refractivity contribution is -0.107. The van der Waals surface area contributed by atoms with Gasteiger partial charge in [-0.1, -0.05) is 11.6 Å². The molecule has 5 nitrogen and oxygen atoms in total. The van der Waals surface area contributed by atoms with E-state index in [1.807, 2.05) is 0 Å². The van der Waals surface area contributed by atoms with Gasteiger partial charge in [-0.3, -0.25) is 4.55 Å². The standard InChI is InChI=1S/C8H8ClNO4S/c9-7-2-1-5(10)3-6(7)8(4-11)15(12,13)14/h1-4,8H,10H2,(H,12,13,14). The zero-order valence-electron chi connectivity index (χ0n) is 7.42. The van der Waals surface area contributed by atoms with Crippen LogP contribution in [0.2, 0.25) is 5.02 Å². The second-order valence-electron chi connectivity index (χ2n) is 2.85. The minimum atomic E-state index is -4.52. The summed E-state index contributed by atoms with van der Waals surface area (Å²) in [6, 6.07) is 4.04. The quantitative estimate of drug-likeness (QED) is 0.474. The second-order valence-corrected chi connectivity index (χ2v) is 4.80. The van der Waals surface area contributed by atoms with Crippen molar-refractivity contribution in [1.82, 2.24) is 0 Å². The monoisotopic (exact) mass is 249 g/mol. The van der Waals surface area contributed by atoms with E-state index in [4.69, 9.17) is 21.9 Å². The molecule has 0 amide bonds. The average Bonchev–Trinajstić information content (AvgIpc) is 2.10. The molecule has 1 aromatic carbocycles. The zero-order chi connectivity index (χ0) is 11.6. The maximum atomic E-state index is 10.9. The summed E-state index contributed by atoms with van der Waals surface area (Å²) in [4.78, 5) is 10.6. The van der Waals surface area contributed by atoms with Crippen LogP contribution < -0.4 is 5.73 Å². The van der Waals surface area contributed by atoms with Gasteiger partial charge in [0.05, 0.1) is 0 Å². The van der Waals surface area contributed by atoms with Crippen LogP contribution in [-0.4, -0.2) is 19.3 Å². The number of benzene rings is 1. The van der Waals surface area contributed by atoms with Crippen LogP contribution in [0.1, 0.15) is 10.8 Å². The molecular weight excluding hydrogens is 242 g/mol. The first-order valence-electron chi connectivity index (χ1n) is 3.83. The Morgan fingerprint density at radius 1 is 1.47 bits per heavy atom. The van der Waals surface area contributed by atoms with E-state index in [2.05, 4.69) is 0 Å². The predicted molar refractivity (Wildman–Crippen MR) is 56.2 cm³/mol. The molecule has 1 atom stereocenters. The summed E-state index contributed by atoms with van der Waals surface area (Å²) >= 11 is 5.69. The summed E-state index contributed by atoms with van der Waals surface area (Å²) in [7, 11) is -4.52. The van der Waals surface area contributed by atoms with Gasteiger partial charge >= 0.3 is 0 Å². The molecule has 0 spiro atoms. The van der Waals surface area contributed by atoms with Gasteiger partial charge in [-0.05, 0) is 18.2 Å². The Bertz CT molecular complexity index is 485. The first-order chi connectivity index (χ1) is 6.86. The normalized spacial score (nSPS) is 13.5. The summed E-state index contributed by atoms with van der Waals surface area (Å²) in [5.41, 5.74) is 5.63. The average molecular weight is 250 g/mol. The molecule has 82 valence electrons. The molecular formula is C8H8ClNO4S. The number of carbonyl (C=O) groups is 1. The number of hydrogen-bond acceptors (Lipinski definition) is 4. The topological polar surface area (TPSA) is 97.5 Å². The number of anilines is 1. The molecule has 0 bridgehead atoms. The highest BCUT2D eigenvalue weighted by atomic mass is 35.5. The van der Waals surface area contributed by atoms with Crippen molar-refractivity contribution in [3.8, 4) is 0 Å². The van der Waals surface area contributed by atoms with Crippen molar-refractivity contribution in [3.63, 3.8) is 0 Å². The fourth-order valence-corrected chi connectivity index (χ4v) is 2.04. The van der Waals surface area contributed by atoms with Crippen LogP contribution in [0, 0.1) is 0 Å². The molecule has 0 aliphatic carbocycles. The third kappa shape index (κ3) is 2.68. The van der Waals surface area contributed by atoms with E-state index in [9.17, 15) is 13.2 Å². The number of halogens is 1. The van der Waals surface area contributed by atoms with Crippen molar-refractivity contribution < 1.29 is 17.8 Å². The van der Waals surface area contributed by atoms with Crippen LogP contribution in [0.5, 0.6) is 0 Å². The van der Waals surface area contributed by atoms with Gasteiger partial charge in [0.1, 0.15) is 6.29 Å². The van der Waals surface area contributed by atoms with E-state index in [-0.39, 0.29) is 22.6 Å². The second kappa shape index (κ2) is 4.18. The molecule has 15 heavy (non-hydrogen) atoms. The van der Waals surface area contributed by atoms with Crippen LogP contribution in [-0.2, 0) is 14.9 Å². The molecule has 0 heterocycles. The summed E-state index contributed by atoms with van der Waals surface area (Å²) in [5.74, 6) is 0. The van der Waals surface area contributed by atoms with Crippen molar-refractivity contribution in [2.45, 2.75) is 5.25 Å². The van der Waals surface area contributed by atoms with Crippen molar-refractivity contribution in [1.29, 1.82) is 0 Å². The first kappa shape index (κ1) is 12.0. The van der Waals surface area contributed by atoms with Crippen LogP contribution in [0.15, 0.2) is 18.2 Å². The van der Waals surface area contributed by atoms with E-state index < -0.39 is 15.4 Å². The summed E-state index contributed by atoms with van der Waals surface area (Å²) in [6.45, 7) is 0. The molecule has 1 unspecified atom stereocenters. The van der Waals surface area contributed by atoms with Crippen LogP contribution in [0.3, 0.4) is 0 Å². The van der Waals surface area contributed by atoms with E-state index in [0.29, 0.717) is 0 Å². The molecule has 0 saturated heterocycles. The van der Waals surface area contributed by atoms with Gasteiger partial charge in [-0.2, -0.15) is 8.42 Å². The minimum absolute atomic E-state index is 0.0332. The molecule has 0 radical (unpaired) electrons. The van der Waals surface area contributed by atoms with Gasteiger partial charge in [0, 0.05) is 16.3 Å². The third-order valence-corrected chi connectivity index (χ3v) is 3.12. The van der Waals surface area contributed by atoms with Gasteiger partial charge in [0.15, 0.2) is 5.25 Å². The predicted octanol–water partition coefficient (Wildman–Crippen LogP) is 1.05. The Labute approximate surface area is 91.6 Å². The molecule has 0 aromatic heterocycles. The molecule has 0 aliphatic heterocycles. The van der Waals surface area contributed by atoms with E-state index in [1.54, 1.807) is 0 Å². The number of hydrogen-bond donors (Lipinski definition) is 2. The number of nitrogen functional groups attached to an aromatic ring is 1. The highest BCUT2D eigenvalue weighted by molar-refractivity contribution is 7.86. The lowest BCUT2D eigenvalue weighted by Gasteiger charge is -2.09. The molecule has 1 aromatic rings. The fraction of sp³-hybridized carbons (Fsp3) is 0.125. The van der Waals surface area contributed by atoms with Gasteiger partial charge in [-0.15, -0.1) is 0 Å². The Hall–Kier alpha value is -1.11. The lowest BCUT2D eigenvalue weighted by atomic mass is 10.1. The minimum Gasteiger partial charge on any atom is -0.399 e. The Morgan fingerprint density at radius 3 is 2.53 bits per heavy atom. The number of carbonyl (C=O) groups excluding carboxylic acids is 1. The van der Waals surface area contributed by atoms with E-state index in [1.165, 1.54) is 18.2 Å². The van der Waals surface area contributed by atoms with E-state index >= 15 is 0 Å². The largest absolute Gasteiger partial charge is 0.399 e. The maximum Gasteiger partial charge on any atom is 0.279 e. The fourth-order valence-electron chi connectivity index (χ4n) is 1.08. The molecule has 0 aliphatic rings. The number of rotatable bonds is 3. The molecule has 0 fully saturated rings. The lowest BCUT2D eigenvalue weighted by Crippen LogP contribution is -2.14. The van der Waals surface area contributed by atoms with Gasteiger partial charge < -0.3 is 10.5 Å². The number of aldehydes is 1. The summed E-state index contributed by atoms with van der Waals surface area (Å²) in [5, 5.41) is -1.65. The summed E-state index contributed by atoms with van der Waals surface area (Å²) < 4.78 is 30.5. The van der Waals surface area contributed by atoms with Crippen molar-refractivity contribution in [2.24, 2.45) is 0 Å². The molecule has 7 heteroatoms. The Kier molecular flexibility index (Phi) is 3.33. The third-order valence-electron chi connectivity index (χ3n) is 1.77. The van der Waals surface area contributed by atoms with Gasteiger partial charge in [0.2, 0.25) is 0 Å². The molecule has 0 saturated carbocycles. The van der Waals surface area contributed by atoms with Crippen molar-refractivity contribution >= 4 is 33.7 Å². The zero-order valence-corrected chi connectivity index (χ0v) is 8.99. The van der Waals surface area contributed by atoms with Crippen molar-refractivity contribution in [3.05, 3.63) is 28.8 Å². The smallest absolute Gasteiger partial charge is 0.279 e. The molecule has 3 N–H and O–H groups in total. The Balaban J connectivity index is 3.36. The van der Waals surface area contributed by atoms with E-state index in [0.717, 1.165) is 0 Å². The van der Waals surface area contributed by atoms with Gasteiger partial charge in [-0.25, -0.2) is 0 Å². The molecule has 1 rings (SSSR count). The van der Waals surface area contributed by atoms with Crippen LogP contribution in [0.25, 0.3) is 0 Å². The first-order valence-corrected chi connectivity index (χ1v) is 5.71. The van der Waals surface area contributed by atoms with Crippen LogP contribution >= 0.6 is 11.6 Å².